The van der Waals surface area contributed by atoms with Gasteiger partial charge in [-0.2, -0.15) is 0 Å². The number of thioether (sulfide) groups is 1. The molecule has 0 aliphatic heterocycles. The summed E-state index contributed by atoms with van der Waals surface area (Å²) < 4.78 is 9.19. The van der Waals surface area contributed by atoms with E-state index >= 15 is 0 Å². The van der Waals surface area contributed by atoms with Crippen LogP contribution < -0.4 is 0 Å². The van der Waals surface area contributed by atoms with Gasteiger partial charge in [0.2, 0.25) is 0 Å². The summed E-state index contributed by atoms with van der Waals surface area (Å²) in [5, 5.41) is 1.70. The number of rotatable bonds is 5. The number of carbonyl (C=O) groups excluding carboxylic acids is 1. The molecule has 0 radical (unpaired) electrons. The van der Waals surface area contributed by atoms with Gasteiger partial charge in [-0.15, -0.1) is 11.8 Å². The summed E-state index contributed by atoms with van der Waals surface area (Å²) in [7, 11) is 3.00. The molecular formula is C7H12O3S. The lowest BCUT2D eigenvalue weighted by atomic mass is 10.7. The standard InChI is InChI=1S/C7H12O3S/c1-9-4-6-11-5-3-7(8)10-2/h3,5H,4,6H2,1-2H3. The molecule has 0 N–H and O–H groups in total. The zero-order chi connectivity index (χ0) is 8.53. The lowest BCUT2D eigenvalue weighted by Gasteiger charge is -1.93. The van der Waals surface area contributed by atoms with E-state index in [0.717, 1.165) is 5.75 Å². The van der Waals surface area contributed by atoms with Gasteiger partial charge in [0.25, 0.3) is 0 Å². The van der Waals surface area contributed by atoms with E-state index in [0.29, 0.717) is 6.61 Å². The van der Waals surface area contributed by atoms with Crippen LogP contribution in [0.2, 0.25) is 0 Å². The number of ether oxygens (including phenoxy) is 2. The SMILES string of the molecule is COCCSC=CC(=O)OC. The molecule has 0 aromatic rings. The van der Waals surface area contributed by atoms with Crippen molar-refractivity contribution in [2.75, 3.05) is 26.6 Å². The zero-order valence-corrected chi connectivity index (χ0v) is 7.52. The Morgan fingerprint density at radius 3 is 2.82 bits per heavy atom. The third-order valence-corrected chi connectivity index (χ3v) is 1.64. The molecule has 0 saturated heterocycles. The maximum atomic E-state index is 10.5. The topological polar surface area (TPSA) is 35.5 Å². The average Bonchev–Trinajstić information content (AvgIpc) is 2.04. The van der Waals surface area contributed by atoms with Crippen molar-refractivity contribution in [1.82, 2.24) is 0 Å². The molecule has 11 heavy (non-hydrogen) atoms. The summed E-state index contributed by atoms with van der Waals surface area (Å²) in [5.41, 5.74) is 0. The summed E-state index contributed by atoms with van der Waals surface area (Å²) in [6, 6.07) is 0. The molecule has 0 atom stereocenters. The molecule has 64 valence electrons. The molecule has 0 amide bonds. The predicted molar refractivity (Wildman–Crippen MR) is 45.5 cm³/mol. The van der Waals surface area contributed by atoms with Gasteiger partial charge in [0, 0.05) is 18.9 Å². The fraction of sp³-hybridized carbons (Fsp3) is 0.571. The highest BCUT2D eigenvalue weighted by molar-refractivity contribution is 8.02. The third-order valence-electron chi connectivity index (χ3n) is 0.907. The van der Waals surface area contributed by atoms with E-state index < -0.39 is 0 Å². The molecule has 0 aliphatic rings. The number of hydrogen-bond acceptors (Lipinski definition) is 4. The van der Waals surface area contributed by atoms with Crippen LogP contribution in [0.5, 0.6) is 0 Å². The van der Waals surface area contributed by atoms with E-state index in [9.17, 15) is 4.79 Å². The number of hydrogen-bond donors (Lipinski definition) is 0. The molecule has 4 heteroatoms. The summed E-state index contributed by atoms with van der Waals surface area (Å²) >= 11 is 1.52. The van der Waals surface area contributed by atoms with Crippen molar-refractivity contribution in [2.24, 2.45) is 0 Å². The van der Waals surface area contributed by atoms with Crippen LogP contribution in [0.15, 0.2) is 11.5 Å². The molecule has 0 aromatic heterocycles. The quantitative estimate of drug-likeness (QED) is 0.356. The van der Waals surface area contributed by atoms with Gasteiger partial charge in [-0.05, 0) is 5.41 Å². The second-order valence-corrected chi connectivity index (χ2v) is 2.70. The molecule has 0 bridgehead atoms. The molecule has 0 fully saturated rings. The molecule has 0 rings (SSSR count). The first-order chi connectivity index (χ1) is 5.31. The number of carbonyl (C=O) groups is 1. The van der Waals surface area contributed by atoms with Crippen LogP contribution in [-0.4, -0.2) is 32.5 Å². The van der Waals surface area contributed by atoms with Crippen LogP contribution in [0, 0.1) is 0 Å². The summed E-state index contributed by atoms with van der Waals surface area (Å²) in [5.74, 6) is 0.527. The highest BCUT2D eigenvalue weighted by atomic mass is 32.2. The van der Waals surface area contributed by atoms with E-state index in [1.807, 2.05) is 0 Å². The van der Waals surface area contributed by atoms with Crippen molar-refractivity contribution in [1.29, 1.82) is 0 Å². The number of methoxy groups -OCH3 is 2. The van der Waals surface area contributed by atoms with Crippen LogP contribution in [0.1, 0.15) is 0 Å². The fourth-order valence-corrected chi connectivity index (χ4v) is 0.978. The van der Waals surface area contributed by atoms with Crippen molar-refractivity contribution in [3.63, 3.8) is 0 Å². The molecule has 0 saturated carbocycles. The van der Waals surface area contributed by atoms with Gasteiger partial charge in [0.15, 0.2) is 0 Å². The van der Waals surface area contributed by atoms with Crippen molar-refractivity contribution < 1.29 is 14.3 Å². The molecular weight excluding hydrogens is 164 g/mol. The minimum atomic E-state index is -0.324. The Hall–Kier alpha value is -0.480. The monoisotopic (exact) mass is 176 g/mol. The minimum Gasteiger partial charge on any atom is -0.466 e. The van der Waals surface area contributed by atoms with Crippen LogP contribution in [0.4, 0.5) is 0 Å². The van der Waals surface area contributed by atoms with Crippen molar-refractivity contribution in [2.45, 2.75) is 0 Å². The Labute approximate surface area is 70.8 Å². The van der Waals surface area contributed by atoms with Gasteiger partial charge in [0.05, 0.1) is 13.7 Å². The van der Waals surface area contributed by atoms with Gasteiger partial charge in [-0.1, -0.05) is 0 Å². The normalized spacial score (nSPS) is 10.4. The Balaban J connectivity index is 3.22. The second kappa shape index (κ2) is 7.63. The van der Waals surface area contributed by atoms with E-state index in [-0.39, 0.29) is 5.97 Å². The van der Waals surface area contributed by atoms with E-state index in [4.69, 9.17) is 4.74 Å². The summed E-state index contributed by atoms with van der Waals surface area (Å²) in [6.45, 7) is 0.691. The first-order valence-corrected chi connectivity index (χ1v) is 4.21. The molecule has 3 nitrogen and oxygen atoms in total. The van der Waals surface area contributed by atoms with Crippen molar-refractivity contribution in [3.8, 4) is 0 Å². The largest absolute Gasteiger partial charge is 0.466 e. The van der Waals surface area contributed by atoms with E-state index in [2.05, 4.69) is 4.74 Å². The molecule has 0 unspecified atom stereocenters. The van der Waals surface area contributed by atoms with Crippen LogP contribution in [0.25, 0.3) is 0 Å². The Bertz CT molecular complexity index is 134. The zero-order valence-electron chi connectivity index (χ0n) is 6.70. The maximum absolute atomic E-state index is 10.5. The van der Waals surface area contributed by atoms with Gasteiger partial charge in [-0.3, -0.25) is 0 Å². The maximum Gasteiger partial charge on any atom is 0.330 e. The summed E-state index contributed by atoms with van der Waals surface area (Å²) in [4.78, 5) is 10.5. The highest BCUT2D eigenvalue weighted by Crippen LogP contribution is 2.00. The van der Waals surface area contributed by atoms with Gasteiger partial charge >= 0.3 is 5.97 Å². The summed E-state index contributed by atoms with van der Waals surface area (Å²) in [6.07, 6.45) is 1.39. The predicted octanol–water partition coefficient (Wildman–Crippen LogP) is 1.05. The Morgan fingerprint density at radius 1 is 1.55 bits per heavy atom. The second-order valence-electron chi connectivity index (χ2n) is 1.69. The molecule has 0 heterocycles. The smallest absolute Gasteiger partial charge is 0.330 e. The minimum absolute atomic E-state index is 0.324. The molecule has 0 aliphatic carbocycles. The molecule has 0 spiro atoms. The van der Waals surface area contributed by atoms with E-state index in [1.54, 1.807) is 12.5 Å². The van der Waals surface area contributed by atoms with E-state index in [1.165, 1.54) is 24.9 Å². The van der Waals surface area contributed by atoms with Gasteiger partial charge in [-0.25, -0.2) is 4.79 Å². The van der Waals surface area contributed by atoms with Crippen molar-refractivity contribution >= 4 is 17.7 Å². The first kappa shape index (κ1) is 10.5. The van der Waals surface area contributed by atoms with Crippen LogP contribution in [-0.2, 0) is 14.3 Å². The van der Waals surface area contributed by atoms with Gasteiger partial charge < -0.3 is 9.47 Å². The Morgan fingerprint density at radius 2 is 2.27 bits per heavy atom. The Kier molecular flexibility index (Phi) is 7.29. The van der Waals surface area contributed by atoms with Crippen molar-refractivity contribution in [3.05, 3.63) is 11.5 Å². The average molecular weight is 176 g/mol. The third kappa shape index (κ3) is 7.42. The van der Waals surface area contributed by atoms with Crippen LogP contribution in [0.3, 0.4) is 0 Å². The first-order valence-electron chi connectivity index (χ1n) is 3.16. The lowest BCUT2D eigenvalue weighted by Crippen LogP contribution is -1.93. The lowest BCUT2D eigenvalue weighted by molar-refractivity contribution is -0.134. The molecule has 0 aromatic carbocycles. The van der Waals surface area contributed by atoms with Crippen LogP contribution >= 0.6 is 11.8 Å². The van der Waals surface area contributed by atoms with Gasteiger partial charge in [0.1, 0.15) is 0 Å². The number of esters is 1. The fourth-order valence-electron chi connectivity index (χ4n) is 0.371. The highest BCUT2D eigenvalue weighted by Gasteiger charge is 1.88.